The molecule has 1 amide bonds. The van der Waals surface area contributed by atoms with Gasteiger partial charge in [-0.15, -0.1) is 0 Å². The van der Waals surface area contributed by atoms with Crippen LogP contribution in [0.3, 0.4) is 0 Å². The lowest BCUT2D eigenvalue weighted by atomic mass is 10.1. The largest absolute Gasteiger partial charge is 0.350 e. The van der Waals surface area contributed by atoms with Gasteiger partial charge < -0.3 is 10.6 Å². The number of carbonyl (C=O) groups excluding carboxylic acids is 1. The van der Waals surface area contributed by atoms with Gasteiger partial charge in [0.2, 0.25) is 5.95 Å². The minimum atomic E-state index is -0.189. The average Bonchev–Trinajstić information content (AvgIpc) is 2.46. The van der Waals surface area contributed by atoms with Crippen molar-refractivity contribution >= 4 is 11.9 Å². The third kappa shape index (κ3) is 4.27. The van der Waals surface area contributed by atoms with E-state index in [9.17, 15) is 4.79 Å². The van der Waals surface area contributed by atoms with Gasteiger partial charge >= 0.3 is 0 Å². The molecule has 0 radical (unpaired) electrons. The average molecular weight is 284 g/mol. The van der Waals surface area contributed by atoms with Crippen LogP contribution in [0.5, 0.6) is 0 Å². The van der Waals surface area contributed by atoms with Crippen LogP contribution in [0.1, 0.15) is 35.5 Å². The highest BCUT2D eigenvalue weighted by atomic mass is 16.1. The van der Waals surface area contributed by atoms with E-state index >= 15 is 0 Å². The van der Waals surface area contributed by atoms with Crippen LogP contribution >= 0.6 is 0 Å². The van der Waals surface area contributed by atoms with Crippen LogP contribution in [-0.2, 0) is 6.54 Å². The van der Waals surface area contributed by atoms with Crippen molar-refractivity contribution in [2.24, 2.45) is 0 Å². The minimum Gasteiger partial charge on any atom is -0.350 e. The highest BCUT2D eigenvalue weighted by molar-refractivity contribution is 5.92. The van der Waals surface area contributed by atoms with E-state index in [0.29, 0.717) is 18.2 Å². The van der Waals surface area contributed by atoms with Crippen molar-refractivity contribution in [1.82, 2.24) is 15.3 Å². The van der Waals surface area contributed by atoms with Gasteiger partial charge in [0.05, 0.1) is 0 Å². The predicted octanol–water partition coefficient (Wildman–Crippen LogP) is 2.54. The number of nitrogens with one attached hydrogen (secondary N) is 2. The molecule has 5 nitrogen and oxygen atoms in total. The Hall–Kier alpha value is -2.43. The van der Waals surface area contributed by atoms with E-state index in [0.717, 1.165) is 0 Å². The first kappa shape index (κ1) is 15.0. The van der Waals surface area contributed by atoms with Crippen molar-refractivity contribution in [3.63, 3.8) is 0 Å². The molecule has 0 atom stereocenters. The third-order valence-corrected chi connectivity index (χ3v) is 3.01. The first-order valence-electron chi connectivity index (χ1n) is 6.98. The number of aryl methyl sites for hydroxylation is 1. The van der Waals surface area contributed by atoms with Gasteiger partial charge in [0.15, 0.2) is 0 Å². The zero-order valence-electron chi connectivity index (χ0n) is 12.6. The Morgan fingerprint density at radius 2 is 2.00 bits per heavy atom. The van der Waals surface area contributed by atoms with Gasteiger partial charge in [-0.05, 0) is 38.0 Å². The number of anilines is 1. The molecular formula is C16H20N4O. The van der Waals surface area contributed by atoms with Crippen molar-refractivity contribution in [2.75, 3.05) is 5.32 Å². The van der Waals surface area contributed by atoms with Crippen LogP contribution in [0.4, 0.5) is 5.95 Å². The number of hydrogen-bond donors (Lipinski definition) is 2. The van der Waals surface area contributed by atoms with Gasteiger partial charge in [-0.1, -0.05) is 24.3 Å². The maximum absolute atomic E-state index is 11.9. The van der Waals surface area contributed by atoms with E-state index in [1.807, 2.05) is 26.0 Å². The van der Waals surface area contributed by atoms with Crippen molar-refractivity contribution < 1.29 is 4.79 Å². The molecule has 0 aliphatic heterocycles. The number of amides is 1. The molecule has 0 aliphatic carbocycles. The number of carbonyl (C=O) groups is 1. The molecule has 0 unspecified atom stereocenters. The second-order valence-corrected chi connectivity index (χ2v) is 5.17. The quantitative estimate of drug-likeness (QED) is 0.885. The number of benzene rings is 1. The summed E-state index contributed by atoms with van der Waals surface area (Å²) in [5.74, 6) is 0.265. The van der Waals surface area contributed by atoms with Crippen LogP contribution in [0.2, 0.25) is 0 Å². The molecule has 0 bridgehead atoms. The van der Waals surface area contributed by atoms with Crippen LogP contribution < -0.4 is 10.6 Å². The maximum Gasteiger partial charge on any atom is 0.270 e. The summed E-state index contributed by atoms with van der Waals surface area (Å²) in [5.41, 5.74) is 2.75. The Balaban J connectivity index is 2.04. The zero-order valence-corrected chi connectivity index (χ0v) is 12.6. The zero-order chi connectivity index (χ0) is 15.2. The Bertz CT molecular complexity index is 625. The molecule has 21 heavy (non-hydrogen) atoms. The van der Waals surface area contributed by atoms with Gasteiger partial charge in [-0.2, -0.15) is 0 Å². The molecule has 0 fully saturated rings. The van der Waals surface area contributed by atoms with Crippen molar-refractivity contribution in [1.29, 1.82) is 0 Å². The third-order valence-electron chi connectivity index (χ3n) is 3.01. The number of rotatable bonds is 5. The molecular weight excluding hydrogens is 264 g/mol. The van der Waals surface area contributed by atoms with Gasteiger partial charge in [-0.25, -0.2) is 9.97 Å². The number of hydrogen-bond acceptors (Lipinski definition) is 4. The summed E-state index contributed by atoms with van der Waals surface area (Å²) >= 11 is 0. The van der Waals surface area contributed by atoms with Crippen molar-refractivity contribution in [2.45, 2.75) is 33.4 Å². The molecule has 2 rings (SSSR count). The summed E-state index contributed by atoms with van der Waals surface area (Å²) in [6.45, 7) is 6.51. The summed E-state index contributed by atoms with van der Waals surface area (Å²) < 4.78 is 0. The Kier molecular flexibility index (Phi) is 4.87. The Labute approximate surface area is 124 Å². The topological polar surface area (TPSA) is 66.9 Å². The minimum absolute atomic E-state index is 0.0795. The van der Waals surface area contributed by atoms with Crippen molar-refractivity contribution in [3.05, 3.63) is 53.3 Å². The lowest BCUT2D eigenvalue weighted by Crippen LogP contribution is -2.30. The second-order valence-electron chi connectivity index (χ2n) is 5.17. The fraction of sp³-hybridized carbons (Fsp3) is 0.312. The SMILES string of the molecule is Cc1ccccc1CNc1nccc(C(=O)NC(C)C)n1. The van der Waals surface area contributed by atoms with E-state index in [-0.39, 0.29) is 11.9 Å². The maximum atomic E-state index is 11.9. The van der Waals surface area contributed by atoms with Gasteiger partial charge in [0.1, 0.15) is 5.69 Å². The molecule has 0 saturated carbocycles. The number of aromatic nitrogens is 2. The van der Waals surface area contributed by atoms with E-state index in [4.69, 9.17) is 0 Å². The standard InChI is InChI=1S/C16H20N4O/c1-11(2)19-15(21)14-8-9-17-16(20-14)18-10-13-7-5-4-6-12(13)3/h4-9,11H,10H2,1-3H3,(H,19,21)(H,17,18,20). The summed E-state index contributed by atoms with van der Waals surface area (Å²) in [5, 5.41) is 5.96. The molecule has 5 heteroatoms. The van der Waals surface area contributed by atoms with E-state index in [2.05, 4.69) is 39.7 Å². The smallest absolute Gasteiger partial charge is 0.270 e. The van der Waals surface area contributed by atoms with Crippen LogP contribution in [0.25, 0.3) is 0 Å². The summed E-state index contributed by atoms with van der Waals surface area (Å²) in [7, 11) is 0. The van der Waals surface area contributed by atoms with E-state index < -0.39 is 0 Å². The van der Waals surface area contributed by atoms with E-state index in [1.165, 1.54) is 11.1 Å². The predicted molar refractivity (Wildman–Crippen MR) is 83.1 cm³/mol. The Morgan fingerprint density at radius 1 is 1.24 bits per heavy atom. The first-order valence-corrected chi connectivity index (χ1v) is 6.98. The van der Waals surface area contributed by atoms with Crippen molar-refractivity contribution in [3.8, 4) is 0 Å². The number of nitrogens with zero attached hydrogens (tertiary/aromatic N) is 2. The molecule has 0 saturated heterocycles. The molecule has 2 aromatic rings. The van der Waals surface area contributed by atoms with Crippen LogP contribution in [0, 0.1) is 6.92 Å². The molecule has 1 heterocycles. The lowest BCUT2D eigenvalue weighted by Gasteiger charge is -2.10. The highest BCUT2D eigenvalue weighted by Crippen LogP contribution is 2.09. The molecule has 0 spiro atoms. The van der Waals surface area contributed by atoms with Crippen LogP contribution in [0.15, 0.2) is 36.5 Å². The Morgan fingerprint density at radius 3 is 2.71 bits per heavy atom. The monoisotopic (exact) mass is 284 g/mol. The molecule has 0 aliphatic rings. The van der Waals surface area contributed by atoms with Gasteiger partial charge in [0.25, 0.3) is 5.91 Å². The molecule has 1 aromatic heterocycles. The van der Waals surface area contributed by atoms with Gasteiger partial charge in [0, 0.05) is 18.8 Å². The van der Waals surface area contributed by atoms with Gasteiger partial charge in [-0.3, -0.25) is 4.79 Å². The second kappa shape index (κ2) is 6.83. The lowest BCUT2D eigenvalue weighted by molar-refractivity contribution is 0.0938. The summed E-state index contributed by atoms with van der Waals surface area (Å²) in [6.07, 6.45) is 1.59. The fourth-order valence-corrected chi connectivity index (χ4v) is 1.89. The highest BCUT2D eigenvalue weighted by Gasteiger charge is 2.09. The summed E-state index contributed by atoms with van der Waals surface area (Å²) in [6, 6.07) is 9.80. The molecule has 1 aromatic carbocycles. The molecule has 2 N–H and O–H groups in total. The van der Waals surface area contributed by atoms with Crippen LogP contribution in [-0.4, -0.2) is 21.9 Å². The summed E-state index contributed by atoms with van der Waals surface area (Å²) in [4.78, 5) is 20.3. The first-order chi connectivity index (χ1) is 10.1. The molecule has 110 valence electrons. The normalized spacial score (nSPS) is 10.5. The fourth-order valence-electron chi connectivity index (χ4n) is 1.89. The van der Waals surface area contributed by atoms with E-state index in [1.54, 1.807) is 12.3 Å².